The first-order valence-corrected chi connectivity index (χ1v) is 8.65. The predicted molar refractivity (Wildman–Crippen MR) is 92.3 cm³/mol. The molecule has 0 spiro atoms. The lowest BCUT2D eigenvalue weighted by atomic mass is 10.2. The van der Waals surface area contributed by atoms with Gasteiger partial charge < -0.3 is 14.8 Å². The van der Waals surface area contributed by atoms with Gasteiger partial charge in [-0.25, -0.2) is 4.98 Å². The maximum absolute atomic E-state index is 12.6. The van der Waals surface area contributed by atoms with Gasteiger partial charge in [-0.1, -0.05) is 12.1 Å². The van der Waals surface area contributed by atoms with Crippen molar-refractivity contribution in [2.75, 3.05) is 20.1 Å². The molecule has 1 amide bonds. The van der Waals surface area contributed by atoms with Crippen LogP contribution in [0, 0.1) is 0 Å². The highest BCUT2D eigenvalue weighted by Gasteiger charge is 2.33. The van der Waals surface area contributed by atoms with E-state index >= 15 is 0 Å². The summed E-state index contributed by atoms with van der Waals surface area (Å²) < 4.78 is 2.26. The van der Waals surface area contributed by atoms with Crippen molar-refractivity contribution in [2.45, 2.75) is 45.2 Å². The van der Waals surface area contributed by atoms with Gasteiger partial charge in [0.2, 0.25) is 5.91 Å². The Morgan fingerprint density at radius 1 is 1.39 bits per heavy atom. The van der Waals surface area contributed by atoms with Crippen molar-refractivity contribution < 1.29 is 4.79 Å². The van der Waals surface area contributed by atoms with Crippen molar-refractivity contribution >= 4 is 16.9 Å². The molecule has 1 N–H and O–H groups in total. The molecule has 3 rings (SSSR count). The van der Waals surface area contributed by atoms with E-state index in [0.717, 1.165) is 50.2 Å². The summed E-state index contributed by atoms with van der Waals surface area (Å²) in [6.45, 7) is 4.77. The number of nitrogens with one attached hydrogen (secondary N) is 1. The van der Waals surface area contributed by atoms with E-state index in [2.05, 4.69) is 35.0 Å². The number of rotatable bonds is 6. The van der Waals surface area contributed by atoms with Crippen LogP contribution < -0.4 is 5.32 Å². The van der Waals surface area contributed by atoms with Crippen LogP contribution in [0.1, 0.15) is 44.5 Å². The molecule has 0 aliphatic carbocycles. The second-order valence-corrected chi connectivity index (χ2v) is 6.16. The number of aryl methyl sites for hydroxylation is 1. The number of imidazole rings is 1. The number of likely N-dealkylation sites (tertiary alicyclic amines) is 1. The van der Waals surface area contributed by atoms with Gasteiger partial charge in [0.05, 0.1) is 17.1 Å². The Bertz CT molecular complexity index is 679. The highest BCUT2D eigenvalue weighted by atomic mass is 16.2. The number of nitrogens with zero attached hydrogens (tertiary/aromatic N) is 3. The van der Waals surface area contributed by atoms with Crippen molar-refractivity contribution in [1.82, 2.24) is 19.8 Å². The Morgan fingerprint density at radius 2 is 2.22 bits per heavy atom. The van der Waals surface area contributed by atoms with Gasteiger partial charge in [0.15, 0.2) is 0 Å². The maximum Gasteiger partial charge on any atom is 0.223 e. The molecule has 1 aromatic carbocycles. The molecule has 124 valence electrons. The first-order chi connectivity index (χ1) is 11.3. The Hall–Kier alpha value is -1.88. The van der Waals surface area contributed by atoms with Gasteiger partial charge >= 0.3 is 0 Å². The minimum absolute atomic E-state index is 0.129. The average molecular weight is 314 g/mol. The molecule has 5 nitrogen and oxygen atoms in total. The molecule has 1 aliphatic heterocycles. The Kier molecular flexibility index (Phi) is 4.96. The van der Waals surface area contributed by atoms with Gasteiger partial charge in [0.25, 0.3) is 0 Å². The molecule has 0 radical (unpaired) electrons. The number of carbonyl (C=O) groups excluding carboxylic acids is 1. The number of hydrogen-bond donors (Lipinski definition) is 1. The van der Waals surface area contributed by atoms with Crippen LogP contribution in [0.15, 0.2) is 24.3 Å². The summed E-state index contributed by atoms with van der Waals surface area (Å²) in [5.74, 6) is 1.31. The summed E-state index contributed by atoms with van der Waals surface area (Å²) >= 11 is 0. The van der Waals surface area contributed by atoms with E-state index in [1.54, 1.807) is 0 Å². The Balaban J connectivity index is 1.86. The van der Waals surface area contributed by atoms with E-state index in [0.29, 0.717) is 6.42 Å². The third-order valence-corrected chi connectivity index (χ3v) is 4.69. The first kappa shape index (κ1) is 16.0. The number of benzene rings is 1. The highest BCUT2D eigenvalue weighted by Crippen LogP contribution is 2.33. The van der Waals surface area contributed by atoms with Crippen LogP contribution in [0.3, 0.4) is 0 Å². The van der Waals surface area contributed by atoms with Crippen LogP contribution in [0.5, 0.6) is 0 Å². The zero-order chi connectivity index (χ0) is 16.2. The van der Waals surface area contributed by atoms with Gasteiger partial charge in [-0.2, -0.15) is 0 Å². The zero-order valence-corrected chi connectivity index (χ0v) is 14.1. The van der Waals surface area contributed by atoms with E-state index < -0.39 is 0 Å². The van der Waals surface area contributed by atoms with E-state index in [9.17, 15) is 4.79 Å². The van der Waals surface area contributed by atoms with Crippen LogP contribution in [0.25, 0.3) is 11.0 Å². The van der Waals surface area contributed by atoms with E-state index in [1.165, 1.54) is 5.52 Å². The van der Waals surface area contributed by atoms with Crippen molar-refractivity contribution in [1.29, 1.82) is 0 Å². The minimum atomic E-state index is 0.129. The largest absolute Gasteiger partial charge is 0.333 e. The fraction of sp³-hybridized carbons (Fsp3) is 0.556. The first-order valence-electron chi connectivity index (χ1n) is 8.65. The van der Waals surface area contributed by atoms with Gasteiger partial charge in [0, 0.05) is 19.5 Å². The molecular weight excluding hydrogens is 288 g/mol. The number of fused-ring (bicyclic) bond motifs is 1. The molecule has 0 bridgehead atoms. The molecule has 1 aromatic heterocycles. The van der Waals surface area contributed by atoms with Crippen LogP contribution in [-0.2, 0) is 11.3 Å². The van der Waals surface area contributed by atoms with E-state index in [4.69, 9.17) is 4.98 Å². The van der Waals surface area contributed by atoms with Gasteiger partial charge in [-0.3, -0.25) is 4.79 Å². The number of para-hydroxylation sites is 2. The zero-order valence-electron chi connectivity index (χ0n) is 14.1. The summed E-state index contributed by atoms with van der Waals surface area (Å²) in [6.07, 6.45) is 3.59. The molecule has 1 atom stereocenters. The quantitative estimate of drug-likeness (QED) is 0.834. The SMILES string of the molecule is CCn1c(C2CCCN2C(=O)CCCNC)nc2ccccc21. The second-order valence-electron chi connectivity index (χ2n) is 6.16. The average Bonchev–Trinajstić information content (AvgIpc) is 3.18. The third kappa shape index (κ3) is 3.11. The van der Waals surface area contributed by atoms with Crippen LogP contribution in [-0.4, -0.2) is 40.5 Å². The molecule has 0 saturated carbocycles. The molecule has 5 heteroatoms. The van der Waals surface area contributed by atoms with E-state index in [1.807, 2.05) is 18.0 Å². The molecular formula is C18H26N4O. The number of carbonyl (C=O) groups is 1. The highest BCUT2D eigenvalue weighted by molar-refractivity contribution is 5.78. The van der Waals surface area contributed by atoms with Crippen LogP contribution in [0.4, 0.5) is 0 Å². The van der Waals surface area contributed by atoms with Crippen molar-refractivity contribution in [3.05, 3.63) is 30.1 Å². The third-order valence-electron chi connectivity index (χ3n) is 4.69. The summed E-state index contributed by atoms with van der Waals surface area (Å²) in [7, 11) is 1.92. The summed E-state index contributed by atoms with van der Waals surface area (Å²) in [5, 5.41) is 3.11. The maximum atomic E-state index is 12.6. The fourth-order valence-electron chi connectivity index (χ4n) is 3.57. The Labute approximate surface area is 137 Å². The lowest BCUT2D eigenvalue weighted by Crippen LogP contribution is -2.32. The number of aromatic nitrogens is 2. The molecule has 1 unspecified atom stereocenters. The van der Waals surface area contributed by atoms with Crippen molar-refractivity contribution in [3.63, 3.8) is 0 Å². The van der Waals surface area contributed by atoms with Gasteiger partial charge in [0.1, 0.15) is 5.82 Å². The molecule has 1 fully saturated rings. The second kappa shape index (κ2) is 7.13. The summed E-state index contributed by atoms with van der Waals surface area (Å²) in [4.78, 5) is 19.5. The van der Waals surface area contributed by atoms with Crippen LogP contribution >= 0.6 is 0 Å². The van der Waals surface area contributed by atoms with Crippen LogP contribution in [0.2, 0.25) is 0 Å². The lowest BCUT2D eigenvalue weighted by molar-refractivity contribution is -0.132. The number of hydrogen-bond acceptors (Lipinski definition) is 3. The monoisotopic (exact) mass is 314 g/mol. The molecule has 23 heavy (non-hydrogen) atoms. The number of amides is 1. The minimum Gasteiger partial charge on any atom is -0.333 e. The molecule has 1 aliphatic rings. The van der Waals surface area contributed by atoms with Crippen molar-refractivity contribution in [3.8, 4) is 0 Å². The molecule has 2 aromatic rings. The van der Waals surface area contributed by atoms with E-state index in [-0.39, 0.29) is 11.9 Å². The van der Waals surface area contributed by atoms with Gasteiger partial charge in [-0.05, 0) is 51.9 Å². The molecule has 2 heterocycles. The predicted octanol–water partition coefficient (Wildman–Crippen LogP) is 2.72. The lowest BCUT2D eigenvalue weighted by Gasteiger charge is -2.25. The fourth-order valence-corrected chi connectivity index (χ4v) is 3.57. The standard InChI is InChI=1S/C18H26N4O/c1-3-21-15-9-5-4-8-14(15)20-18(21)16-10-7-13-22(16)17(23)11-6-12-19-2/h4-5,8-9,16,19H,3,6-7,10-13H2,1-2H3. The van der Waals surface area contributed by atoms with Crippen molar-refractivity contribution in [2.24, 2.45) is 0 Å². The summed E-state index contributed by atoms with van der Waals surface area (Å²) in [6, 6.07) is 8.37. The Morgan fingerprint density at radius 3 is 3.00 bits per heavy atom. The molecule has 1 saturated heterocycles. The normalized spacial score (nSPS) is 18.0. The summed E-state index contributed by atoms with van der Waals surface area (Å²) in [5.41, 5.74) is 2.19. The smallest absolute Gasteiger partial charge is 0.223 e. The topological polar surface area (TPSA) is 50.2 Å². The van der Waals surface area contributed by atoms with Gasteiger partial charge in [-0.15, -0.1) is 0 Å².